The van der Waals surface area contributed by atoms with E-state index in [1.807, 2.05) is 17.5 Å². The molecule has 5 nitrogen and oxygen atoms in total. The van der Waals surface area contributed by atoms with Crippen molar-refractivity contribution in [3.05, 3.63) is 35.6 Å². The molecule has 0 unspecified atom stereocenters. The molecule has 1 fully saturated rings. The fourth-order valence-electron chi connectivity index (χ4n) is 2.85. The maximum Gasteiger partial charge on any atom is 0.220 e. The van der Waals surface area contributed by atoms with Crippen LogP contribution >= 0.6 is 11.3 Å². The molecule has 0 radical (unpaired) electrons. The van der Waals surface area contributed by atoms with Crippen LogP contribution in [0.15, 0.2) is 29.9 Å². The average molecular weight is 331 g/mol. The average Bonchev–Trinajstić information content (AvgIpc) is 3.22. The summed E-state index contributed by atoms with van der Waals surface area (Å²) in [7, 11) is 0. The Labute approximate surface area is 139 Å². The first-order valence-electron chi connectivity index (χ1n) is 7.99. The second-order valence-electron chi connectivity index (χ2n) is 6.09. The molecule has 23 heavy (non-hydrogen) atoms. The van der Waals surface area contributed by atoms with Crippen molar-refractivity contribution in [2.75, 3.05) is 6.54 Å². The van der Waals surface area contributed by atoms with Crippen molar-refractivity contribution in [3.8, 4) is 10.6 Å². The van der Waals surface area contributed by atoms with E-state index in [0.29, 0.717) is 19.4 Å². The molecular weight excluding hydrogens is 310 g/mol. The smallest absolute Gasteiger partial charge is 0.220 e. The zero-order chi connectivity index (χ0) is 16.1. The van der Waals surface area contributed by atoms with Crippen molar-refractivity contribution in [1.29, 1.82) is 0 Å². The number of carbonyl (C=O) groups excluding carboxylic acids is 1. The summed E-state index contributed by atoms with van der Waals surface area (Å²) in [5.74, 6) is -0.0243. The number of thiazole rings is 1. The van der Waals surface area contributed by atoms with Gasteiger partial charge in [-0.25, -0.2) is 4.98 Å². The molecule has 0 aliphatic heterocycles. The third-order valence-corrected chi connectivity index (χ3v) is 5.18. The van der Waals surface area contributed by atoms with Crippen LogP contribution in [0, 0.1) is 0 Å². The summed E-state index contributed by atoms with van der Waals surface area (Å²) in [4.78, 5) is 20.5. The van der Waals surface area contributed by atoms with Crippen LogP contribution < -0.4 is 5.32 Å². The van der Waals surface area contributed by atoms with Crippen LogP contribution in [-0.2, 0) is 11.2 Å². The standard InChI is InChI=1S/C17H21N3O2S/c21-15(19-12-17(22)7-1-2-8-17)4-3-14-11-23-16(20-14)13-5-9-18-10-6-13/h5-6,9-11,22H,1-4,7-8,12H2,(H,19,21). The molecule has 1 amide bonds. The van der Waals surface area contributed by atoms with Crippen LogP contribution in [-0.4, -0.2) is 33.1 Å². The summed E-state index contributed by atoms with van der Waals surface area (Å²) < 4.78 is 0. The van der Waals surface area contributed by atoms with Crippen LogP contribution in [0.1, 0.15) is 37.8 Å². The first-order chi connectivity index (χ1) is 11.1. The SMILES string of the molecule is O=C(CCc1csc(-c2ccncc2)n1)NCC1(O)CCCC1. The Morgan fingerprint density at radius 2 is 2.04 bits per heavy atom. The van der Waals surface area contributed by atoms with Crippen LogP contribution in [0.5, 0.6) is 0 Å². The highest BCUT2D eigenvalue weighted by atomic mass is 32.1. The Kier molecular flexibility index (Phi) is 5.03. The fraction of sp³-hybridized carbons (Fsp3) is 0.471. The number of hydrogen-bond donors (Lipinski definition) is 2. The highest BCUT2D eigenvalue weighted by Gasteiger charge is 2.31. The minimum atomic E-state index is -0.690. The number of aryl methyl sites for hydroxylation is 1. The first-order valence-corrected chi connectivity index (χ1v) is 8.86. The maximum atomic E-state index is 11.9. The molecule has 1 saturated carbocycles. The molecule has 3 rings (SSSR count). The van der Waals surface area contributed by atoms with Crippen LogP contribution in [0.4, 0.5) is 0 Å². The van der Waals surface area contributed by atoms with Crippen LogP contribution in [0.2, 0.25) is 0 Å². The van der Waals surface area contributed by atoms with Gasteiger partial charge in [0.15, 0.2) is 0 Å². The Bertz CT molecular complexity index is 651. The normalized spacial score (nSPS) is 16.4. The molecule has 1 aliphatic rings. The molecule has 6 heteroatoms. The van der Waals surface area contributed by atoms with E-state index in [9.17, 15) is 9.90 Å². The van der Waals surface area contributed by atoms with Crippen molar-refractivity contribution >= 4 is 17.2 Å². The number of rotatable bonds is 6. The van der Waals surface area contributed by atoms with Gasteiger partial charge in [-0.05, 0) is 31.4 Å². The third-order valence-electron chi connectivity index (χ3n) is 4.24. The van der Waals surface area contributed by atoms with E-state index >= 15 is 0 Å². The number of nitrogens with zero attached hydrogens (tertiary/aromatic N) is 2. The topological polar surface area (TPSA) is 75.1 Å². The van der Waals surface area contributed by atoms with Crippen molar-refractivity contribution in [2.24, 2.45) is 0 Å². The van der Waals surface area contributed by atoms with E-state index in [-0.39, 0.29) is 5.91 Å². The van der Waals surface area contributed by atoms with E-state index < -0.39 is 5.60 Å². The quantitative estimate of drug-likeness (QED) is 0.853. The number of aliphatic hydroxyl groups is 1. The van der Waals surface area contributed by atoms with Gasteiger partial charge in [-0.1, -0.05) is 12.8 Å². The second-order valence-corrected chi connectivity index (χ2v) is 6.95. The van der Waals surface area contributed by atoms with Gasteiger partial charge < -0.3 is 10.4 Å². The van der Waals surface area contributed by atoms with Crippen LogP contribution in [0.3, 0.4) is 0 Å². The monoisotopic (exact) mass is 331 g/mol. The molecule has 2 aromatic heterocycles. The van der Waals surface area contributed by atoms with E-state index in [1.54, 1.807) is 23.7 Å². The Morgan fingerprint density at radius 3 is 2.78 bits per heavy atom. The number of carbonyl (C=O) groups is 1. The number of amides is 1. The first kappa shape index (κ1) is 16.1. The van der Waals surface area contributed by atoms with Gasteiger partial charge in [0.2, 0.25) is 5.91 Å². The molecule has 0 spiro atoms. The molecule has 0 aromatic carbocycles. The predicted octanol–water partition coefficient (Wildman–Crippen LogP) is 2.56. The lowest BCUT2D eigenvalue weighted by Gasteiger charge is -2.22. The molecule has 0 saturated heterocycles. The lowest BCUT2D eigenvalue weighted by molar-refractivity contribution is -0.122. The molecule has 122 valence electrons. The molecule has 1 aliphatic carbocycles. The Balaban J connectivity index is 1.47. The molecule has 2 N–H and O–H groups in total. The van der Waals surface area contributed by atoms with Gasteiger partial charge in [-0.15, -0.1) is 11.3 Å². The van der Waals surface area contributed by atoms with Gasteiger partial charge in [-0.3, -0.25) is 9.78 Å². The lowest BCUT2D eigenvalue weighted by Crippen LogP contribution is -2.40. The van der Waals surface area contributed by atoms with Crippen LogP contribution in [0.25, 0.3) is 10.6 Å². The van der Waals surface area contributed by atoms with Gasteiger partial charge >= 0.3 is 0 Å². The zero-order valence-corrected chi connectivity index (χ0v) is 13.8. The largest absolute Gasteiger partial charge is 0.388 e. The number of hydrogen-bond acceptors (Lipinski definition) is 5. The molecule has 0 bridgehead atoms. The Morgan fingerprint density at radius 1 is 1.30 bits per heavy atom. The second kappa shape index (κ2) is 7.19. The van der Waals surface area contributed by atoms with E-state index in [4.69, 9.17) is 0 Å². The summed E-state index contributed by atoms with van der Waals surface area (Å²) in [6.45, 7) is 0.366. The Hall–Kier alpha value is -1.79. The predicted molar refractivity (Wildman–Crippen MR) is 90.1 cm³/mol. The van der Waals surface area contributed by atoms with Gasteiger partial charge in [0.1, 0.15) is 5.01 Å². The fourth-order valence-corrected chi connectivity index (χ4v) is 3.71. The summed E-state index contributed by atoms with van der Waals surface area (Å²) in [6.07, 6.45) is 8.17. The van der Waals surface area contributed by atoms with Crippen molar-refractivity contribution in [3.63, 3.8) is 0 Å². The minimum absolute atomic E-state index is 0.0243. The molecular formula is C17H21N3O2S. The maximum absolute atomic E-state index is 11.9. The van der Waals surface area contributed by atoms with Crippen molar-refractivity contribution in [1.82, 2.24) is 15.3 Å². The molecule has 2 aromatic rings. The van der Waals surface area contributed by atoms with Gasteiger partial charge in [-0.2, -0.15) is 0 Å². The highest BCUT2D eigenvalue weighted by Crippen LogP contribution is 2.28. The number of pyridine rings is 1. The molecule has 0 atom stereocenters. The van der Waals surface area contributed by atoms with Gasteiger partial charge in [0.05, 0.1) is 11.3 Å². The highest BCUT2D eigenvalue weighted by molar-refractivity contribution is 7.13. The van der Waals surface area contributed by atoms with E-state index in [1.165, 1.54) is 0 Å². The summed E-state index contributed by atoms with van der Waals surface area (Å²) >= 11 is 1.58. The minimum Gasteiger partial charge on any atom is -0.388 e. The van der Waals surface area contributed by atoms with Gasteiger partial charge in [0.25, 0.3) is 0 Å². The summed E-state index contributed by atoms with van der Waals surface area (Å²) in [5, 5.41) is 16.0. The summed E-state index contributed by atoms with van der Waals surface area (Å²) in [5.41, 5.74) is 1.28. The molecule has 2 heterocycles. The van der Waals surface area contributed by atoms with Crippen molar-refractivity contribution < 1.29 is 9.90 Å². The zero-order valence-electron chi connectivity index (χ0n) is 13.0. The summed E-state index contributed by atoms with van der Waals surface area (Å²) in [6, 6.07) is 3.86. The van der Waals surface area contributed by atoms with Gasteiger partial charge in [0, 0.05) is 36.3 Å². The number of nitrogens with one attached hydrogen (secondary N) is 1. The number of aromatic nitrogens is 2. The van der Waals surface area contributed by atoms with E-state index in [2.05, 4.69) is 15.3 Å². The third kappa shape index (κ3) is 4.36. The van der Waals surface area contributed by atoms with Crippen molar-refractivity contribution in [2.45, 2.75) is 44.1 Å². The lowest BCUT2D eigenvalue weighted by atomic mass is 10.0. The van der Waals surface area contributed by atoms with E-state index in [0.717, 1.165) is 41.9 Å².